The number of ether oxygens (including phenoxy) is 1. The molecule has 0 atom stereocenters. The minimum Gasteiger partial charge on any atom is -0.455 e. The van der Waals surface area contributed by atoms with Gasteiger partial charge in [0.15, 0.2) is 0 Å². The lowest BCUT2D eigenvalue weighted by atomic mass is 10.2. The van der Waals surface area contributed by atoms with Gasteiger partial charge in [0.05, 0.1) is 16.4 Å². The van der Waals surface area contributed by atoms with E-state index in [0.717, 1.165) is 22.5 Å². The number of thiophene rings is 1. The van der Waals surface area contributed by atoms with Crippen LogP contribution in [0.1, 0.15) is 34.9 Å². The number of rotatable bonds is 5. The highest BCUT2D eigenvalue weighted by Gasteiger charge is 2.18. The van der Waals surface area contributed by atoms with E-state index in [1.54, 1.807) is 12.1 Å². The molecule has 4 heterocycles. The van der Waals surface area contributed by atoms with Crippen molar-refractivity contribution in [1.29, 1.82) is 0 Å². The second kappa shape index (κ2) is 7.61. The van der Waals surface area contributed by atoms with Crippen molar-refractivity contribution in [2.75, 3.05) is 0 Å². The molecule has 0 bridgehead atoms. The molecule has 4 rings (SSSR count). The van der Waals surface area contributed by atoms with E-state index in [1.165, 1.54) is 28.0 Å². The number of aromatic nitrogens is 4. The molecule has 150 valence electrons. The zero-order chi connectivity index (χ0) is 20.7. The van der Waals surface area contributed by atoms with Crippen molar-refractivity contribution < 1.29 is 9.53 Å². The number of esters is 1. The number of hydrogen-bond acceptors (Lipinski definition) is 6. The van der Waals surface area contributed by atoms with Gasteiger partial charge in [-0.1, -0.05) is 25.4 Å². The topological polar surface area (TPSA) is 78.5 Å². The summed E-state index contributed by atoms with van der Waals surface area (Å²) in [5, 5.41) is 5.95. The van der Waals surface area contributed by atoms with E-state index in [2.05, 4.69) is 23.9 Å². The van der Waals surface area contributed by atoms with Gasteiger partial charge in [0, 0.05) is 24.2 Å². The average molecular weight is 431 g/mol. The third-order valence-corrected chi connectivity index (χ3v) is 5.73. The van der Waals surface area contributed by atoms with Gasteiger partial charge in [-0.2, -0.15) is 5.10 Å². The largest absolute Gasteiger partial charge is 0.455 e. The van der Waals surface area contributed by atoms with Crippen molar-refractivity contribution in [3.8, 4) is 0 Å². The lowest BCUT2D eigenvalue weighted by Crippen LogP contribution is -2.16. The highest BCUT2D eigenvalue weighted by atomic mass is 35.5. The summed E-state index contributed by atoms with van der Waals surface area (Å²) in [4.78, 5) is 30.6. The van der Waals surface area contributed by atoms with Gasteiger partial charge in [0.25, 0.3) is 5.56 Å². The van der Waals surface area contributed by atoms with Crippen LogP contribution in [0, 0.1) is 12.8 Å². The smallest absolute Gasteiger partial charge is 0.348 e. The van der Waals surface area contributed by atoms with E-state index < -0.39 is 5.97 Å². The van der Waals surface area contributed by atoms with Crippen molar-refractivity contribution in [2.45, 2.75) is 33.9 Å². The molecular weight excluding hydrogens is 412 g/mol. The molecule has 0 aliphatic carbocycles. The molecule has 0 aliphatic heterocycles. The molecule has 0 unspecified atom stereocenters. The van der Waals surface area contributed by atoms with E-state index in [4.69, 9.17) is 16.3 Å². The summed E-state index contributed by atoms with van der Waals surface area (Å²) in [6.45, 7) is 6.88. The zero-order valence-electron chi connectivity index (χ0n) is 16.2. The van der Waals surface area contributed by atoms with Gasteiger partial charge in [0.2, 0.25) is 0 Å². The third kappa shape index (κ3) is 3.90. The highest BCUT2D eigenvalue weighted by molar-refractivity contribution is 7.20. The fourth-order valence-corrected chi connectivity index (χ4v) is 4.32. The second-order valence-corrected chi connectivity index (χ2v) is 8.70. The molecule has 0 saturated heterocycles. The van der Waals surface area contributed by atoms with Gasteiger partial charge in [-0.05, 0) is 31.0 Å². The number of nitrogens with zero attached hydrogens (tertiary/aromatic N) is 4. The van der Waals surface area contributed by atoms with Crippen molar-refractivity contribution in [1.82, 2.24) is 19.2 Å². The maximum atomic E-state index is 12.6. The van der Waals surface area contributed by atoms with Gasteiger partial charge in [-0.25, -0.2) is 9.78 Å². The van der Waals surface area contributed by atoms with Crippen LogP contribution in [0.3, 0.4) is 0 Å². The van der Waals surface area contributed by atoms with Crippen LogP contribution < -0.4 is 5.56 Å². The molecule has 29 heavy (non-hydrogen) atoms. The number of aryl methyl sites for hydroxylation is 1. The van der Waals surface area contributed by atoms with E-state index >= 15 is 0 Å². The van der Waals surface area contributed by atoms with Crippen LogP contribution in [0.4, 0.5) is 0 Å². The van der Waals surface area contributed by atoms with E-state index in [-0.39, 0.29) is 12.2 Å². The summed E-state index contributed by atoms with van der Waals surface area (Å²) in [5.41, 5.74) is 1.43. The zero-order valence-corrected chi connectivity index (χ0v) is 17.8. The van der Waals surface area contributed by atoms with E-state index in [0.29, 0.717) is 27.2 Å². The first-order chi connectivity index (χ1) is 13.8. The van der Waals surface area contributed by atoms with Crippen LogP contribution in [0.15, 0.2) is 35.3 Å². The van der Waals surface area contributed by atoms with Gasteiger partial charge in [0.1, 0.15) is 22.0 Å². The Morgan fingerprint density at radius 1 is 1.31 bits per heavy atom. The molecular formula is C20H19ClN4O3S. The predicted molar refractivity (Wildman–Crippen MR) is 113 cm³/mol. The van der Waals surface area contributed by atoms with E-state index in [1.807, 2.05) is 17.7 Å². The maximum absolute atomic E-state index is 12.6. The summed E-state index contributed by atoms with van der Waals surface area (Å²) in [7, 11) is 0. The Hall–Kier alpha value is -2.71. The molecule has 4 aromatic rings. The summed E-state index contributed by atoms with van der Waals surface area (Å²) in [5.74, 6) is 0.00261. The molecule has 7 nitrogen and oxygen atoms in total. The lowest BCUT2D eigenvalue weighted by molar-refractivity contribution is 0.0473. The number of carbonyl (C=O) groups excluding carboxylic acids is 1. The standard InChI is InChI=1S/C20H19ClN4O3S/c1-11(2)8-25-19-15(12(3)23-25)7-16(29-19)20(27)28-10-14-6-18(26)24-9-13(21)4-5-17(24)22-14/h4-7,9,11H,8,10H2,1-3H3. The molecule has 0 radical (unpaired) electrons. The number of pyridine rings is 1. The van der Waals surface area contributed by atoms with Crippen molar-refractivity contribution in [3.05, 3.63) is 62.1 Å². The predicted octanol–water partition coefficient (Wildman–Crippen LogP) is 4.08. The normalized spacial score (nSPS) is 11.6. The van der Waals surface area contributed by atoms with Gasteiger partial charge < -0.3 is 4.74 Å². The Bertz CT molecular complexity index is 1290. The first-order valence-corrected chi connectivity index (χ1v) is 10.3. The van der Waals surface area contributed by atoms with Crippen LogP contribution in [-0.4, -0.2) is 25.1 Å². The van der Waals surface area contributed by atoms with Gasteiger partial charge >= 0.3 is 5.97 Å². The lowest BCUT2D eigenvalue weighted by Gasteiger charge is -2.06. The first-order valence-electron chi connectivity index (χ1n) is 9.13. The molecule has 0 fully saturated rings. The monoisotopic (exact) mass is 430 g/mol. The van der Waals surface area contributed by atoms with Crippen LogP contribution in [-0.2, 0) is 17.9 Å². The minimum absolute atomic E-state index is 0.0848. The average Bonchev–Trinajstić information content (AvgIpc) is 3.22. The van der Waals surface area contributed by atoms with E-state index in [9.17, 15) is 9.59 Å². The quantitative estimate of drug-likeness (QED) is 0.446. The third-order valence-electron chi connectivity index (χ3n) is 4.37. The molecule has 0 amide bonds. The summed E-state index contributed by atoms with van der Waals surface area (Å²) < 4.78 is 8.69. The Kier molecular flexibility index (Phi) is 5.14. The Morgan fingerprint density at radius 3 is 2.86 bits per heavy atom. The number of hydrogen-bond donors (Lipinski definition) is 0. The van der Waals surface area contributed by atoms with Crippen LogP contribution in [0.2, 0.25) is 5.02 Å². The van der Waals surface area contributed by atoms with Crippen LogP contribution in [0.5, 0.6) is 0 Å². The van der Waals surface area contributed by atoms with Crippen molar-refractivity contribution in [2.24, 2.45) is 5.92 Å². The maximum Gasteiger partial charge on any atom is 0.348 e. The molecule has 0 spiro atoms. The van der Waals surface area contributed by atoms with Crippen molar-refractivity contribution in [3.63, 3.8) is 0 Å². The Morgan fingerprint density at radius 2 is 2.10 bits per heavy atom. The van der Waals surface area contributed by atoms with Gasteiger partial charge in [-0.3, -0.25) is 13.9 Å². The number of halogens is 1. The minimum atomic E-state index is -0.445. The fraction of sp³-hybridized carbons (Fsp3) is 0.300. The summed E-state index contributed by atoms with van der Waals surface area (Å²) in [6, 6.07) is 6.45. The fourth-order valence-electron chi connectivity index (χ4n) is 3.09. The summed E-state index contributed by atoms with van der Waals surface area (Å²) in [6.07, 6.45) is 1.50. The molecule has 0 aliphatic rings. The van der Waals surface area contributed by atoms with Crippen LogP contribution >= 0.6 is 22.9 Å². The first kappa shape index (κ1) is 19.6. The highest BCUT2D eigenvalue weighted by Crippen LogP contribution is 2.29. The summed E-state index contributed by atoms with van der Waals surface area (Å²) >= 11 is 7.28. The molecule has 4 aromatic heterocycles. The van der Waals surface area contributed by atoms with Gasteiger partial charge in [-0.15, -0.1) is 11.3 Å². The van der Waals surface area contributed by atoms with Crippen molar-refractivity contribution >= 4 is 44.8 Å². The Balaban J connectivity index is 1.55. The number of carbonyl (C=O) groups is 1. The molecule has 9 heteroatoms. The van der Waals surface area contributed by atoms with Crippen LogP contribution in [0.25, 0.3) is 15.9 Å². The molecule has 0 aromatic carbocycles. The number of fused-ring (bicyclic) bond motifs is 2. The molecule has 0 saturated carbocycles. The Labute approximate surface area is 175 Å². The molecule has 0 N–H and O–H groups in total. The SMILES string of the molecule is Cc1nn(CC(C)C)c2sc(C(=O)OCc3cc(=O)n4cc(Cl)ccc4n3)cc12. The second-order valence-electron chi connectivity index (χ2n) is 7.23.